The number of hydrogen-bond acceptors (Lipinski definition) is 8. The molecule has 3 heterocycles. The molecule has 1 aromatic carbocycles. The summed E-state index contributed by atoms with van der Waals surface area (Å²) in [5.41, 5.74) is 2.49. The molecule has 1 fully saturated rings. The predicted molar refractivity (Wildman–Crippen MR) is 113 cm³/mol. The zero-order valence-corrected chi connectivity index (χ0v) is 17.5. The van der Waals surface area contributed by atoms with Crippen molar-refractivity contribution in [2.45, 2.75) is 19.0 Å². The van der Waals surface area contributed by atoms with Gasteiger partial charge in [0.2, 0.25) is 11.1 Å². The first-order chi connectivity index (χ1) is 14.4. The van der Waals surface area contributed by atoms with Crippen molar-refractivity contribution >= 4 is 34.8 Å². The molecule has 30 heavy (non-hydrogen) atoms. The average Bonchev–Trinajstić information content (AvgIpc) is 3.15. The molecule has 0 aliphatic carbocycles. The molecule has 0 N–H and O–H groups in total. The molecule has 1 aliphatic rings. The maximum atomic E-state index is 12.6. The van der Waals surface area contributed by atoms with Crippen molar-refractivity contribution in [2.24, 2.45) is 0 Å². The van der Waals surface area contributed by atoms with Gasteiger partial charge in [-0.1, -0.05) is 23.9 Å². The molecule has 11 heteroatoms. The van der Waals surface area contributed by atoms with E-state index in [0.717, 1.165) is 11.4 Å². The highest BCUT2D eigenvalue weighted by atomic mass is 32.2. The fraction of sp³-hybridized carbons (Fsp3) is 0.368. The lowest BCUT2D eigenvalue weighted by molar-refractivity contribution is -0.384. The van der Waals surface area contributed by atoms with Gasteiger partial charge in [-0.25, -0.2) is 9.50 Å². The fourth-order valence-corrected chi connectivity index (χ4v) is 4.23. The first-order valence-electron chi connectivity index (χ1n) is 9.52. The Kier molecular flexibility index (Phi) is 5.53. The number of para-hydroxylation sites is 2. The van der Waals surface area contributed by atoms with Crippen LogP contribution in [-0.4, -0.2) is 67.2 Å². The van der Waals surface area contributed by atoms with E-state index in [9.17, 15) is 14.9 Å². The molecule has 0 bridgehead atoms. The molecular formula is C19H21N7O3S. The van der Waals surface area contributed by atoms with Gasteiger partial charge in [0, 0.05) is 43.6 Å². The Balaban J connectivity index is 1.35. The Labute approximate surface area is 177 Å². The molecule has 0 spiro atoms. The fourth-order valence-electron chi connectivity index (χ4n) is 3.51. The molecule has 0 unspecified atom stereocenters. The van der Waals surface area contributed by atoms with Crippen LogP contribution in [0.4, 0.5) is 11.4 Å². The summed E-state index contributed by atoms with van der Waals surface area (Å²) in [6.07, 6.45) is 0. The van der Waals surface area contributed by atoms with Crippen LogP contribution in [-0.2, 0) is 4.79 Å². The van der Waals surface area contributed by atoms with Gasteiger partial charge in [0.15, 0.2) is 0 Å². The van der Waals surface area contributed by atoms with Gasteiger partial charge in [-0.05, 0) is 26.0 Å². The topological polar surface area (TPSA) is 110 Å². The number of piperazine rings is 1. The first kappa shape index (κ1) is 20.1. The highest BCUT2D eigenvalue weighted by Crippen LogP contribution is 2.28. The lowest BCUT2D eigenvalue weighted by Crippen LogP contribution is -2.49. The first-order valence-corrected chi connectivity index (χ1v) is 10.5. The van der Waals surface area contributed by atoms with Crippen molar-refractivity contribution in [2.75, 3.05) is 36.8 Å². The van der Waals surface area contributed by atoms with E-state index in [4.69, 9.17) is 0 Å². The standard InChI is InChI=1S/C19H21N7O3S/c1-13-11-14(2)25-18(20-13)21-19(22-25)30-12-17(27)24-9-7-23(8-10-24)15-5-3-4-6-16(15)26(28)29/h3-6,11H,7-10,12H2,1-2H3. The number of carbonyl (C=O) groups excluding carboxylic acids is 1. The number of anilines is 1. The summed E-state index contributed by atoms with van der Waals surface area (Å²) in [6.45, 7) is 5.98. The average molecular weight is 427 g/mol. The van der Waals surface area contributed by atoms with Crippen molar-refractivity contribution in [3.8, 4) is 0 Å². The number of amides is 1. The summed E-state index contributed by atoms with van der Waals surface area (Å²) >= 11 is 1.29. The number of rotatable bonds is 5. The summed E-state index contributed by atoms with van der Waals surface area (Å²) in [7, 11) is 0. The lowest BCUT2D eigenvalue weighted by atomic mass is 10.2. The van der Waals surface area contributed by atoms with E-state index >= 15 is 0 Å². The summed E-state index contributed by atoms with van der Waals surface area (Å²) in [6, 6.07) is 8.63. The molecular weight excluding hydrogens is 406 g/mol. The van der Waals surface area contributed by atoms with Crippen LogP contribution in [0.25, 0.3) is 5.78 Å². The monoisotopic (exact) mass is 427 g/mol. The number of hydrogen-bond donors (Lipinski definition) is 0. The van der Waals surface area contributed by atoms with Gasteiger partial charge < -0.3 is 9.80 Å². The third-order valence-electron chi connectivity index (χ3n) is 4.98. The van der Waals surface area contributed by atoms with E-state index in [1.54, 1.807) is 27.6 Å². The van der Waals surface area contributed by atoms with E-state index in [1.807, 2.05) is 24.8 Å². The Bertz CT molecular complexity index is 1110. The van der Waals surface area contributed by atoms with Gasteiger partial charge in [0.1, 0.15) is 5.69 Å². The van der Waals surface area contributed by atoms with Gasteiger partial charge in [-0.3, -0.25) is 14.9 Å². The number of nitro groups is 1. The SMILES string of the molecule is Cc1cc(C)n2nc(SCC(=O)N3CCN(c4ccccc4[N+](=O)[O-])CC3)nc2n1. The minimum absolute atomic E-state index is 0.00179. The van der Waals surface area contributed by atoms with Crippen LogP contribution >= 0.6 is 11.8 Å². The van der Waals surface area contributed by atoms with Crippen LogP contribution in [0.5, 0.6) is 0 Å². The van der Waals surface area contributed by atoms with Gasteiger partial charge in [-0.2, -0.15) is 4.98 Å². The summed E-state index contributed by atoms with van der Waals surface area (Å²) in [5, 5.41) is 16.2. The molecule has 0 saturated carbocycles. The minimum Gasteiger partial charge on any atom is -0.362 e. The molecule has 0 radical (unpaired) electrons. The van der Waals surface area contributed by atoms with Gasteiger partial charge in [0.05, 0.1) is 10.7 Å². The molecule has 0 atom stereocenters. The second-order valence-electron chi connectivity index (χ2n) is 7.05. The third-order valence-corrected chi connectivity index (χ3v) is 5.80. The number of nitro benzene ring substituents is 1. The van der Waals surface area contributed by atoms with Gasteiger partial charge in [0.25, 0.3) is 11.5 Å². The molecule has 1 saturated heterocycles. The molecule has 2 aromatic heterocycles. The molecule has 10 nitrogen and oxygen atoms in total. The third kappa shape index (κ3) is 4.06. The smallest absolute Gasteiger partial charge is 0.292 e. The van der Waals surface area contributed by atoms with E-state index in [0.29, 0.717) is 42.8 Å². The van der Waals surface area contributed by atoms with Crippen LogP contribution in [0.2, 0.25) is 0 Å². The maximum absolute atomic E-state index is 12.6. The van der Waals surface area contributed by atoms with Crippen LogP contribution in [0.3, 0.4) is 0 Å². The molecule has 156 valence electrons. The second kappa shape index (κ2) is 8.27. The largest absolute Gasteiger partial charge is 0.362 e. The van der Waals surface area contributed by atoms with Crippen LogP contribution < -0.4 is 4.90 Å². The number of aromatic nitrogens is 4. The number of thioether (sulfide) groups is 1. The van der Waals surface area contributed by atoms with Crippen molar-refractivity contribution < 1.29 is 9.72 Å². The highest BCUT2D eigenvalue weighted by Gasteiger charge is 2.25. The van der Waals surface area contributed by atoms with Crippen LogP contribution in [0.15, 0.2) is 35.5 Å². The quantitative estimate of drug-likeness (QED) is 0.346. The maximum Gasteiger partial charge on any atom is 0.292 e. The normalized spacial score (nSPS) is 14.3. The number of nitrogens with zero attached hydrogens (tertiary/aromatic N) is 7. The van der Waals surface area contributed by atoms with Crippen molar-refractivity contribution in [1.82, 2.24) is 24.5 Å². The molecule has 1 aliphatic heterocycles. The predicted octanol–water partition coefficient (Wildman–Crippen LogP) is 2.09. The van der Waals surface area contributed by atoms with E-state index in [2.05, 4.69) is 15.1 Å². The molecule has 1 amide bonds. The Hall–Kier alpha value is -3.21. The second-order valence-corrected chi connectivity index (χ2v) is 7.99. The van der Waals surface area contributed by atoms with Crippen molar-refractivity contribution in [3.63, 3.8) is 0 Å². The molecule has 4 rings (SSSR count). The Morgan fingerprint density at radius 3 is 2.63 bits per heavy atom. The van der Waals surface area contributed by atoms with Gasteiger partial charge in [-0.15, -0.1) is 5.10 Å². The number of fused-ring (bicyclic) bond motifs is 1. The highest BCUT2D eigenvalue weighted by molar-refractivity contribution is 7.99. The molecule has 3 aromatic rings. The van der Waals surface area contributed by atoms with Crippen LogP contribution in [0, 0.1) is 24.0 Å². The lowest BCUT2D eigenvalue weighted by Gasteiger charge is -2.35. The van der Waals surface area contributed by atoms with E-state index in [1.165, 1.54) is 17.8 Å². The van der Waals surface area contributed by atoms with E-state index in [-0.39, 0.29) is 22.3 Å². The Morgan fingerprint density at radius 2 is 1.90 bits per heavy atom. The number of aryl methyl sites for hydroxylation is 2. The minimum atomic E-state index is -0.372. The zero-order valence-electron chi connectivity index (χ0n) is 16.7. The van der Waals surface area contributed by atoms with Gasteiger partial charge >= 0.3 is 0 Å². The summed E-state index contributed by atoms with van der Waals surface area (Å²) in [4.78, 5) is 36.0. The Morgan fingerprint density at radius 1 is 1.17 bits per heavy atom. The zero-order chi connectivity index (χ0) is 21.3. The van der Waals surface area contributed by atoms with Crippen molar-refractivity contribution in [1.29, 1.82) is 0 Å². The van der Waals surface area contributed by atoms with Crippen LogP contribution in [0.1, 0.15) is 11.4 Å². The summed E-state index contributed by atoms with van der Waals surface area (Å²) < 4.78 is 1.67. The summed E-state index contributed by atoms with van der Waals surface area (Å²) in [5.74, 6) is 0.767. The number of benzene rings is 1. The number of carbonyl (C=O) groups is 1. The van der Waals surface area contributed by atoms with Crippen molar-refractivity contribution in [3.05, 3.63) is 51.8 Å². The van der Waals surface area contributed by atoms with E-state index < -0.39 is 0 Å².